The Morgan fingerprint density at radius 1 is 1.53 bits per heavy atom. The number of carboxylic acids is 1. The highest BCUT2D eigenvalue weighted by molar-refractivity contribution is 5.73. The van der Waals surface area contributed by atoms with Crippen LogP contribution in [-0.2, 0) is 9.53 Å². The lowest BCUT2D eigenvalue weighted by molar-refractivity contribution is -0.155. The fraction of sp³-hybridized carbons (Fsp3) is 0.444. The Morgan fingerprint density at radius 2 is 2.24 bits per heavy atom. The molecule has 0 aromatic carbocycles. The molecule has 0 saturated carbocycles. The smallest absolute Gasteiger partial charge is 0.335 e. The van der Waals surface area contributed by atoms with Gasteiger partial charge in [-0.05, 0) is 0 Å². The van der Waals surface area contributed by atoms with E-state index >= 15 is 0 Å². The maximum absolute atomic E-state index is 11.4. The molecule has 1 saturated heterocycles. The highest BCUT2D eigenvalue weighted by atomic mass is 16.6. The minimum atomic E-state index is -1.36. The molecule has 1 fully saturated rings. The number of rotatable bonds is 2. The Balaban J connectivity index is 2.29. The lowest BCUT2D eigenvalue weighted by Crippen LogP contribution is -2.32. The Hall–Kier alpha value is -1.93. The zero-order chi connectivity index (χ0) is 12.6. The summed E-state index contributed by atoms with van der Waals surface area (Å²) in [6.45, 7) is 0. The zero-order valence-corrected chi connectivity index (χ0v) is 8.57. The van der Waals surface area contributed by atoms with Crippen molar-refractivity contribution in [3.8, 4) is 0 Å². The monoisotopic (exact) mass is 242 g/mol. The molecule has 0 aliphatic carbocycles. The Labute approximate surface area is 94.1 Å². The van der Waals surface area contributed by atoms with E-state index in [1.165, 1.54) is 6.20 Å². The van der Waals surface area contributed by atoms with E-state index < -0.39 is 35.7 Å². The van der Waals surface area contributed by atoms with Gasteiger partial charge in [0, 0.05) is 18.7 Å². The summed E-state index contributed by atoms with van der Waals surface area (Å²) in [4.78, 5) is 35.0. The van der Waals surface area contributed by atoms with Gasteiger partial charge in [-0.1, -0.05) is 0 Å². The average Bonchev–Trinajstić information content (AvgIpc) is 2.60. The lowest BCUT2D eigenvalue weighted by Gasteiger charge is -2.12. The van der Waals surface area contributed by atoms with Crippen LogP contribution in [0, 0.1) is 0 Å². The molecule has 1 aromatic heterocycles. The fourth-order valence-electron chi connectivity index (χ4n) is 1.70. The van der Waals surface area contributed by atoms with Gasteiger partial charge in [0.15, 0.2) is 6.10 Å². The van der Waals surface area contributed by atoms with Crippen LogP contribution in [-0.4, -0.2) is 37.9 Å². The van der Waals surface area contributed by atoms with E-state index in [0.29, 0.717) is 0 Å². The molecule has 92 valence electrons. The van der Waals surface area contributed by atoms with Gasteiger partial charge in [-0.25, -0.2) is 9.59 Å². The second-order valence-electron chi connectivity index (χ2n) is 3.67. The molecular weight excluding hydrogens is 232 g/mol. The van der Waals surface area contributed by atoms with Crippen LogP contribution in [0.4, 0.5) is 0 Å². The first kappa shape index (κ1) is 11.6. The number of ether oxygens (including phenoxy) is 1. The van der Waals surface area contributed by atoms with Crippen molar-refractivity contribution in [1.29, 1.82) is 0 Å². The number of hydrogen-bond donors (Lipinski definition) is 3. The number of aliphatic hydroxyl groups is 1. The number of nitrogens with zero attached hydrogens (tertiary/aromatic N) is 1. The van der Waals surface area contributed by atoms with Gasteiger partial charge in [-0.15, -0.1) is 0 Å². The number of aromatic nitrogens is 2. The Morgan fingerprint density at radius 3 is 2.76 bits per heavy atom. The Bertz CT molecular complexity index is 547. The van der Waals surface area contributed by atoms with Crippen molar-refractivity contribution in [3.05, 3.63) is 33.1 Å². The first-order valence-corrected chi connectivity index (χ1v) is 4.87. The van der Waals surface area contributed by atoms with E-state index in [2.05, 4.69) is 0 Å². The van der Waals surface area contributed by atoms with E-state index in [9.17, 15) is 19.5 Å². The zero-order valence-electron chi connectivity index (χ0n) is 8.57. The molecule has 0 spiro atoms. The van der Waals surface area contributed by atoms with Crippen LogP contribution in [0.5, 0.6) is 0 Å². The molecule has 2 heterocycles. The molecule has 1 aliphatic heterocycles. The maximum Gasteiger partial charge on any atom is 0.335 e. The van der Waals surface area contributed by atoms with Crippen LogP contribution >= 0.6 is 0 Å². The van der Waals surface area contributed by atoms with Gasteiger partial charge < -0.3 is 14.9 Å². The van der Waals surface area contributed by atoms with Crippen LogP contribution in [0.1, 0.15) is 12.6 Å². The SMILES string of the molecule is O=C(O)[C@H]1O[C@@H](n2ccc(=O)[nH]c2=O)C[C@@H]1O. The minimum Gasteiger partial charge on any atom is -0.479 e. The van der Waals surface area contributed by atoms with E-state index in [4.69, 9.17) is 9.84 Å². The predicted octanol–water partition coefficient (Wildman–Crippen LogP) is -1.73. The number of aliphatic hydroxyl groups excluding tert-OH is 1. The third kappa shape index (κ3) is 2.12. The lowest BCUT2D eigenvalue weighted by atomic mass is 10.2. The maximum atomic E-state index is 11.4. The number of nitrogens with one attached hydrogen (secondary N) is 1. The van der Waals surface area contributed by atoms with Crippen molar-refractivity contribution in [2.24, 2.45) is 0 Å². The van der Waals surface area contributed by atoms with E-state index in [1.54, 1.807) is 0 Å². The summed E-state index contributed by atoms with van der Waals surface area (Å²) < 4.78 is 6.07. The van der Waals surface area contributed by atoms with Crippen molar-refractivity contribution in [2.75, 3.05) is 0 Å². The minimum absolute atomic E-state index is 0.0249. The van der Waals surface area contributed by atoms with E-state index in [0.717, 1.165) is 10.6 Å². The number of aromatic amines is 1. The number of carbonyl (C=O) groups is 1. The van der Waals surface area contributed by atoms with Crippen molar-refractivity contribution in [2.45, 2.75) is 24.9 Å². The summed E-state index contributed by atoms with van der Waals surface area (Å²) >= 11 is 0. The average molecular weight is 242 g/mol. The highest BCUT2D eigenvalue weighted by Crippen LogP contribution is 2.27. The van der Waals surface area contributed by atoms with E-state index in [-0.39, 0.29) is 6.42 Å². The van der Waals surface area contributed by atoms with Crippen LogP contribution in [0.2, 0.25) is 0 Å². The molecule has 0 radical (unpaired) electrons. The van der Waals surface area contributed by atoms with Gasteiger partial charge in [0.2, 0.25) is 0 Å². The van der Waals surface area contributed by atoms with Crippen LogP contribution in [0.25, 0.3) is 0 Å². The van der Waals surface area contributed by atoms with Gasteiger partial charge in [0.1, 0.15) is 6.23 Å². The third-order valence-electron chi connectivity index (χ3n) is 2.50. The molecule has 8 heteroatoms. The molecule has 3 N–H and O–H groups in total. The predicted molar refractivity (Wildman–Crippen MR) is 53.5 cm³/mol. The van der Waals surface area contributed by atoms with Crippen molar-refractivity contribution >= 4 is 5.97 Å². The first-order chi connectivity index (χ1) is 7.99. The van der Waals surface area contributed by atoms with Gasteiger partial charge in [0.05, 0.1) is 6.10 Å². The van der Waals surface area contributed by atoms with Gasteiger partial charge >= 0.3 is 11.7 Å². The molecule has 2 rings (SSSR count). The summed E-state index contributed by atoms with van der Waals surface area (Å²) in [5.74, 6) is -1.29. The van der Waals surface area contributed by atoms with Crippen LogP contribution < -0.4 is 11.2 Å². The number of H-pyrrole nitrogens is 1. The summed E-state index contributed by atoms with van der Waals surface area (Å²) in [6.07, 6.45) is -2.27. The molecule has 0 unspecified atom stereocenters. The standard InChI is InChI=1S/C9H10N2O6/c12-4-3-6(17-7(4)8(14)15)11-2-1-5(13)10-9(11)16/h1-2,4,6-7,12H,3H2,(H,14,15)(H,10,13,16)/t4-,6+,7-/m0/s1. The summed E-state index contributed by atoms with van der Waals surface area (Å²) in [5.41, 5.74) is -1.26. The molecule has 8 nitrogen and oxygen atoms in total. The van der Waals surface area contributed by atoms with Crippen molar-refractivity contribution in [1.82, 2.24) is 9.55 Å². The van der Waals surface area contributed by atoms with Crippen LogP contribution in [0.15, 0.2) is 21.9 Å². The number of carboxylic acid groups (broad SMARTS) is 1. The number of hydrogen-bond acceptors (Lipinski definition) is 5. The topological polar surface area (TPSA) is 122 Å². The second kappa shape index (κ2) is 4.15. The third-order valence-corrected chi connectivity index (χ3v) is 2.50. The van der Waals surface area contributed by atoms with Gasteiger partial charge in [-0.2, -0.15) is 0 Å². The Kier molecular flexibility index (Phi) is 2.82. The molecule has 0 amide bonds. The van der Waals surface area contributed by atoms with Crippen LogP contribution in [0.3, 0.4) is 0 Å². The summed E-state index contributed by atoms with van der Waals surface area (Å²) in [6, 6.07) is 1.12. The first-order valence-electron chi connectivity index (χ1n) is 4.87. The molecule has 1 aliphatic rings. The molecule has 3 atom stereocenters. The quantitative estimate of drug-likeness (QED) is 0.566. The summed E-state index contributed by atoms with van der Waals surface area (Å²) in [5, 5.41) is 18.2. The van der Waals surface area contributed by atoms with Crippen molar-refractivity contribution < 1.29 is 19.7 Å². The van der Waals surface area contributed by atoms with Gasteiger partial charge in [-0.3, -0.25) is 14.3 Å². The van der Waals surface area contributed by atoms with Gasteiger partial charge in [0.25, 0.3) is 5.56 Å². The van der Waals surface area contributed by atoms with Crippen molar-refractivity contribution in [3.63, 3.8) is 0 Å². The largest absolute Gasteiger partial charge is 0.479 e. The molecule has 1 aromatic rings. The summed E-state index contributed by atoms with van der Waals surface area (Å²) in [7, 11) is 0. The van der Waals surface area contributed by atoms with E-state index in [1.807, 2.05) is 4.98 Å². The normalized spacial score (nSPS) is 28.2. The molecular formula is C9H10N2O6. The molecule has 17 heavy (non-hydrogen) atoms. The molecule has 0 bridgehead atoms. The fourth-order valence-corrected chi connectivity index (χ4v) is 1.70. The number of aliphatic carboxylic acids is 1. The highest BCUT2D eigenvalue weighted by Gasteiger charge is 2.39. The second-order valence-corrected chi connectivity index (χ2v) is 3.67.